The zero-order chi connectivity index (χ0) is 31.4. The highest BCUT2D eigenvalue weighted by Crippen LogP contribution is 2.38. The van der Waals surface area contributed by atoms with E-state index < -0.39 is 21.6 Å². The monoisotopic (exact) mass is 734 g/mol. The Morgan fingerprint density at radius 3 is 1.49 bits per heavy atom. The summed E-state index contributed by atoms with van der Waals surface area (Å²) in [6.45, 7) is 10.7. The molecule has 4 nitrogen and oxygen atoms in total. The van der Waals surface area contributed by atoms with Crippen LogP contribution in [0.3, 0.4) is 0 Å². The summed E-state index contributed by atoms with van der Waals surface area (Å²) in [6.07, 6.45) is 6.64. The molecule has 2 aromatic rings. The van der Waals surface area contributed by atoms with Gasteiger partial charge in [-0.2, -0.15) is 0 Å². The maximum absolute atomic E-state index is 12.7. The van der Waals surface area contributed by atoms with Crippen LogP contribution in [0.25, 0.3) is 0 Å². The standard InChI is InChI=1S/C31H46N2O2S8/c1-30(2,20-32-26(36)18-24-22(28(32)38)8-12-40-24)10-5-14-42(34)16-7-17-43(35)15-6-11-31(3,4)21-33-27(37)19-25-23(29(33)39)9-13-41-25/h18-19,38-39H,5-17,20-21H2,1-4H3. The molecular formula is C31H46N2O2S8. The highest BCUT2D eigenvalue weighted by Gasteiger charge is 2.25. The van der Waals surface area contributed by atoms with Gasteiger partial charge in [-0.05, 0) is 79.0 Å². The molecule has 0 amide bonds. The molecule has 0 saturated carbocycles. The SMILES string of the molecule is CC(C)(CCCS(=O)CCCS(=O)CCCC(C)(C)Cn1c(S)c2c(cc1=S)SCC2)Cn1c(S)c2c(cc1=S)SCC2. The van der Waals surface area contributed by atoms with Crippen molar-refractivity contribution in [3.8, 4) is 0 Å². The predicted molar refractivity (Wildman–Crippen MR) is 200 cm³/mol. The zero-order valence-electron chi connectivity index (χ0n) is 25.8. The van der Waals surface area contributed by atoms with E-state index in [0.717, 1.165) is 88.9 Å². The third-order valence-electron chi connectivity index (χ3n) is 8.27. The topological polar surface area (TPSA) is 44.0 Å². The third kappa shape index (κ3) is 10.2. The number of rotatable bonds is 16. The lowest BCUT2D eigenvalue weighted by atomic mass is 9.88. The molecule has 2 atom stereocenters. The molecule has 0 spiro atoms. The molecule has 43 heavy (non-hydrogen) atoms. The third-order valence-corrected chi connectivity index (χ3v) is 15.1. The van der Waals surface area contributed by atoms with E-state index in [1.807, 2.05) is 23.5 Å². The second-order valence-corrected chi connectivity index (χ2v) is 20.6. The zero-order valence-corrected chi connectivity index (χ0v) is 32.5. The van der Waals surface area contributed by atoms with Gasteiger partial charge in [0.15, 0.2) is 0 Å². The van der Waals surface area contributed by atoms with Crippen molar-refractivity contribution in [3.05, 3.63) is 32.5 Å². The van der Waals surface area contributed by atoms with Crippen LogP contribution in [0.1, 0.15) is 70.9 Å². The highest BCUT2D eigenvalue weighted by atomic mass is 32.2. The van der Waals surface area contributed by atoms with Gasteiger partial charge < -0.3 is 9.13 Å². The molecule has 2 aliphatic rings. The van der Waals surface area contributed by atoms with Crippen molar-refractivity contribution >= 4 is 94.8 Å². The Morgan fingerprint density at radius 2 is 1.09 bits per heavy atom. The van der Waals surface area contributed by atoms with Crippen LogP contribution in [0.15, 0.2) is 32.0 Å². The van der Waals surface area contributed by atoms with Crippen LogP contribution in [0.5, 0.6) is 0 Å². The van der Waals surface area contributed by atoms with Gasteiger partial charge in [0.1, 0.15) is 9.28 Å². The molecule has 4 heterocycles. The van der Waals surface area contributed by atoms with Crippen molar-refractivity contribution in [1.82, 2.24) is 9.13 Å². The molecule has 0 saturated heterocycles. The Bertz CT molecular complexity index is 1370. The molecule has 240 valence electrons. The fourth-order valence-corrected chi connectivity index (χ4v) is 12.3. The van der Waals surface area contributed by atoms with Crippen LogP contribution in [0, 0.1) is 20.1 Å². The molecule has 12 heteroatoms. The Labute approximate surface area is 293 Å². The second-order valence-electron chi connectivity index (χ2n) is 13.3. The molecule has 0 radical (unpaired) electrons. The molecule has 0 aromatic carbocycles. The molecule has 0 aliphatic carbocycles. The van der Waals surface area contributed by atoms with Crippen LogP contribution in [-0.2, 0) is 47.5 Å². The number of hydrogen-bond acceptors (Lipinski definition) is 8. The van der Waals surface area contributed by atoms with E-state index in [-0.39, 0.29) is 10.8 Å². The van der Waals surface area contributed by atoms with E-state index >= 15 is 0 Å². The van der Waals surface area contributed by atoms with Crippen LogP contribution in [-0.4, -0.2) is 52.1 Å². The van der Waals surface area contributed by atoms with Gasteiger partial charge in [-0.1, -0.05) is 52.1 Å². The van der Waals surface area contributed by atoms with E-state index in [1.165, 1.54) is 20.9 Å². The second kappa shape index (κ2) is 16.0. The summed E-state index contributed by atoms with van der Waals surface area (Å²) in [5, 5.41) is 2.02. The minimum atomic E-state index is -0.875. The molecule has 2 unspecified atom stereocenters. The van der Waals surface area contributed by atoms with Crippen LogP contribution in [0.4, 0.5) is 0 Å². The quantitative estimate of drug-likeness (QED) is 0.133. The van der Waals surface area contributed by atoms with Gasteiger partial charge in [-0.25, -0.2) is 0 Å². The van der Waals surface area contributed by atoms with Crippen molar-refractivity contribution < 1.29 is 8.42 Å². The average Bonchev–Trinajstić information content (AvgIpc) is 3.58. The Kier molecular flexibility index (Phi) is 13.5. The van der Waals surface area contributed by atoms with Crippen molar-refractivity contribution in [2.75, 3.05) is 34.5 Å². The predicted octanol–water partition coefficient (Wildman–Crippen LogP) is 8.82. The fraction of sp³-hybridized carbons (Fsp3) is 0.677. The maximum atomic E-state index is 12.7. The lowest BCUT2D eigenvalue weighted by molar-refractivity contribution is 0.268. The lowest BCUT2D eigenvalue weighted by Gasteiger charge is -2.28. The van der Waals surface area contributed by atoms with E-state index in [2.05, 4.69) is 49.0 Å². The number of hydrogen-bond donors (Lipinski definition) is 2. The van der Waals surface area contributed by atoms with Gasteiger partial charge >= 0.3 is 0 Å². The van der Waals surface area contributed by atoms with Crippen LogP contribution < -0.4 is 0 Å². The normalized spacial score (nSPS) is 16.3. The number of aromatic nitrogens is 2. The molecule has 2 aromatic heterocycles. The van der Waals surface area contributed by atoms with E-state index in [1.54, 1.807) is 0 Å². The first-order valence-corrected chi connectivity index (χ1v) is 21.8. The van der Waals surface area contributed by atoms with Crippen LogP contribution in [0.2, 0.25) is 0 Å². The molecule has 4 rings (SSSR count). The van der Waals surface area contributed by atoms with Gasteiger partial charge in [-0.3, -0.25) is 8.42 Å². The summed E-state index contributed by atoms with van der Waals surface area (Å²) in [7, 11) is -1.75. The van der Waals surface area contributed by atoms with Crippen LogP contribution >= 0.6 is 73.2 Å². The van der Waals surface area contributed by atoms with Crippen molar-refractivity contribution in [3.63, 3.8) is 0 Å². The van der Waals surface area contributed by atoms with Crippen molar-refractivity contribution in [1.29, 1.82) is 0 Å². The smallest absolute Gasteiger partial charge is 0.107 e. The van der Waals surface area contributed by atoms with Gasteiger partial charge in [0.05, 0.1) is 10.1 Å². The lowest BCUT2D eigenvalue weighted by Crippen LogP contribution is -2.23. The van der Waals surface area contributed by atoms with E-state index in [0.29, 0.717) is 23.0 Å². The number of pyridine rings is 2. The summed E-state index contributed by atoms with van der Waals surface area (Å²) < 4.78 is 31.5. The largest absolute Gasteiger partial charge is 0.327 e. The number of nitrogens with zero attached hydrogens (tertiary/aromatic N) is 2. The Morgan fingerprint density at radius 1 is 0.721 bits per heavy atom. The van der Waals surface area contributed by atoms with Gasteiger partial charge in [0.25, 0.3) is 0 Å². The molecule has 0 fully saturated rings. The summed E-state index contributed by atoms with van der Waals surface area (Å²) in [5.41, 5.74) is 2.72. The minimum absolute atomic E-state index is 0.0363. The molecule has 0 N–H and O–H groups in total. The van der Waals surface area contributed by atoms with Gasteiger partial charge in [0, 0.05) is 79.0 Å². The van der Waals surface area contributed by atoms with Gasteiger partial charge in [0.2, 0.25) is 0 Å². The molecular weight excluding hydrogens is 689 g/mol. The number of thiol groups is 2. The summed E-state index contributed by atoms with van der Waals surface area (Å²) in [4.78, 5) is 2.57. The Balaban J connectivity index is 1.12. The summed E-state index contributed by atoms with van der Waals surface area (Å²) in [6, 6.07) is 4.25. The highest BCUT2D eigenvalue weighted by molar-refractivity contribution is 8.00. The van der Waals surface area contributed by atoms with Crippen molar-refractivity contribution in [2.45, 2.75) is 106 Å². The average molecular weight is 735 g/mol. The number of fused-ring (bicyclic) bond motifs is 2. The first-order valence-electron chi connectivity index (χ1n) is 15.1. The summed E-state index contributed by atoms with van der Waals surface area (Å²) in [5.74, 6) is 4.86. The van der Waals surface area contributed by atoms with E-state index in [9.17, 15) is 8.42 Å². The minimum Gasteiger partial charge on any atom is -0.327 e. The number of thioether (sulfide) groups is 2. The molecule has 2 aliphatic heterocycles. The maximum Gasteiger partial charge on any atom is 0.107 e. The fourth-order valence-electron chi connectivity index (χ4n) is 5.89. The van der Waals surface area contributed by atoms with E-state index in [4.69, 9.17) is 49.7 Å². The molecule has 0 bridgehead atoms. The Hall–Kier alpha value is 0.440. The first kappa shape index (κ1) is 36.3. The first-order chi connectivity index (χ1) is 20.3. The van der Waals surface area contributed by atoms with Crippen molar-refractivity contribution in [2.24, 2.45) is 10.8 Å². The van der Waals surface area contributed by atoms with Gasteiger partial charge in [-0.15, -0.1) is 48.8 Å². The summed E-state index contributed by atoms with van der Waals surface area (Å²) >= 11 is 24.8.